The van der Waals surface area contributed by atoms with Gasteiger partial charge in [-0.1, -0.05) is 58.4 Å². The van der Waals surface area contributed by atoms with E-state index in [0.717, 1.165) is 29.0 Å². The van der Waals surface area contributed by atoms with Crippen molar-refractivity contribution in [2.75, 3.05) is 5.33 Å². The van der Waals surface area contributed by atoms with Crippen molar-refractivity contribution in [1.82, 2.24) is 14.0 Å². The maximum absolute atomic E-state index is 12.4. The number of aryl methyl sites for hydroxylation is 1. The van der Waals surface area contributed by atoms with Crippen molar-refractivity contribution in [2.45, 2.75) is 13.5 Å². The number of nitrogens with zero attached hydrogens (tertiary/aromatic N) is 3. The number of rotatable bonds is 4. The highest BCUT2D eigenvalue weighted by Crippen LogP contribution is 2.25. The van der Waals surface area contributed by atoms with Gasteiger partial charge >= 0.3 is 0 Å². The molecule has 0 aliphatic carbocycles. The van der Waals surface area contributed by atoms with Crippen LogP contribution in [0.15, 0.2) is 54.6 Å². The van der Waals surface area contributed by atoms with E-state index in [1.165, 1.54) is 5.56 Å². The Morgan fingerprint density at radius 2 is 1.71 bits per heavy atom. The van der Waals surface area contributed by atoms with Gasteiger partial charge in [0.1, 0.15) is 5.69 Å². The molecule has 2 aromatic heterocycles. The first-order chi connectivity index (χ1) is 11.7. The van der Waals surface area contributed by atoms with Crippen LogP contribution >= 0.6 is 15.9 Å². The predicted octanol–water partition coefficient (Wildman–Crippen LogP) is 4.22. The van der Waals surface area contributed by atoms with Gasteiger partial charge in [0, 0.05) is 0 Å². The van der Waals surface area contributed by atoms with E-state index in [9.17, 15) is 4.79 Å². The molecule has 4 aromatic rings. The van der Waals surface area contributed by atoms with E-state index < -0.39 is 0 Å². The van der Waals surface area contributed by atoms with Crippen molar-refractivity contribution < 1.29 is 4.79 Å². The third-order valence-electron chi connectivity index (χ3n) is 4.26. The van der Waals surface area contributed by atoms with Crippen LogP contribution in [0, 0.1) is 6.92 Å². The molecule has 0 saturated carbocycles. The summed E-state index contributed by atoms with van der Waals surface area (Å²) < 4.78 is 4.15. The maximum Gasteiger partial charge on any atom is 0.216 e. The molecule has 0 radical (unpaired) electrons. The second kappa shape index (κ2) is 5.91. The lowest BCUT2D eigenvalue weighted by molar-refractivity contribution is 0.101. The Kier molecular flexibility index (Phi) is 3.73. The molecule has 0 saturated heterocycles. The minimum atomic E-state index is 0.0441. The van der Waals surface area contributed by atoms with Gasteiger partial charge in [-0.15, -0.1) is 0 Å². The number of benzene rings is 2. The van der Waals surface area contributed by atoms with E-state index in [1.54, 1.807) is 0 Å². The molecule has 4 rings (SSSR count). The summed E-state index contributed by atoms with van der Waals surface area (Å²) in [5, 5.41) is 0.291. The van der Waals surface area contributed by atoms with E-state index in [-0.39, 0.29) is 5.78 Å². The summed E-state index contributed by atoms with van der Waals surface area (Å²) in [6, 6.07) is 18.4. The van der Waals surface area contributed by atoms with Crippen molar-refractivity contribution in [2.24, 2.45) is 0 Å². The molecule has 0 amide bonds. The topological polar surface area (TPSA) is 39.3 Å². The van der Waals surface area contributed by atoms with Crippen molar-refractivity contribution in [3.05, 3.63) is 71.5 Å². The summed E-state index contributed by atoms with van der Waals surface area (Å²) in [6.45, 7) is 2.61. The van der Waals surface area contributed by atoms with Crippen LogP contribution in [-0.2, 0) is 6.54 Å². The molecule has 2 heterocycles. The highest BCUT2D eigenvalue weighted by Gasteiger charge is 2.21. The molecule has 24 heavy (non-hydrogen) atoms. The number of fused-ring (bicyclic) bond motifs is 3. The molecule has 120 valence electrons. The van der Waals surface area contributed by atoms with E-state index in [0.29, 0.717) is 11.0 Å². The second-order valence-corrected chi connectivity index (χ2v) is 6.36. The first kappa shape index (κ1) is 15.1. The predicted molar refractivity (Wildman–Crippen MR) is 99.1 cm³/mol. The number of para-hydroxylation sites is 2. The van der Waals surface area contributed by atoms with Crippen LogP contribution in [0.4, 0.5) is 0 Å². The van der Waals surface area contributed by atoms with Gasteiger partial charge in [0.05, 0.1) is 28.6 Å². The fourth-order valence-electron chi connectivity index (χ4n) is 3.22. The average molecular weight is 382 g/mol. The monoisotopic (exact) mass is 381 g/mol. The number of aromatic nitrogens is 3. The van der Waals surface area contributed by atoms with Crippen LogP contribution in [0.1, 0.15) is 21.7 Å². The molecular formula is C19H16BrN3O. The molecule has 5 heteroatoms. The molecule has 0 aliphatic rings. The number of hydrogen-bond donors (Lipinski definition) is 0. The van der Waals surface area contributed by atoms with E-state index in [4.69, 9.17) is 4.98 Å². The number of halogens is 1. The number of carbonyl (C=O) groups excluding carboxylic acids is 1. The molecule has 0 atom stereocenters. The normalized spacial score (nSPS) is 11.4. The number of ketones is 1. The number of alkyl halides is 1. The minimum Gasteiger partial charge on any atom is -0.305 e. The molecule has 0 unspecified atom stereocenters. The van der Waals surface area contributed by atoms with Crippen molar-refractivity contribution in [3.63, 3.8) is 0 Å². The van der Waals surface area contributed by atoms with E-state index >= 15 is 0 Å². The summed E-state index contributed by atoms with van der Waals surface area (Å²) in [5.41, 5.74) is 4.71. The van der Waals surface area contributed by atoms with Crippen LogP contribution in [0.2, 0.25) is 0 Å². The molecule has 0 spiro atoms. The van der Waals surface area contributed by atoms with Crippen LogP contribution in [0.3, 0.4) is 0 Å². The lowest BCUT2D eigenvalue weighted by Gasteiger charge is -2.05. The first-order valence-electron chi connectivity index (χ1n) is 7.80. The number of hydrogen-bond acceptors (Lipinski definition) is 2. The number of Topliss-reactive ketones (excluding diaryl/α,β-unsaturated/α-hetero) is 1. The summed E-state index contributed by atoms with van der Waals surface area (Å²) in [7, 11) is 0. The minimum absolute atomic E-state index is 0.0441. The fourth-order valence-corrected chi connectivity index (χ4v) is 3.49. The quantitative estimate of drug-likeness (QED) is 0.392. The van der Waals surface area contributed by atoms with Gasteiger partial charge < -0.3 is 4.57 Å². The summed E-state index contributed by atoms with van der Waals surface area (Å²) in [5.74, 6) is 0.851. The highest BCUT2D eigenvalue weighted by atomic mass is 79.9. The number of imidazole rings is 2. The largest absolute Gasteiger partial charge is 0.305 e. The molecule has 0 aliphatic heterocycles. The third kappa shape index (κ3) is 2.27. The van der Waals surface area contributed by atoms with Crippen LogP contribution in [0.25, 0.3) is 16.8 Å². The molecule has 0 fully saturated rings. The lowest BCUT2D eigenvalue weighted by Crippen LogP contribution is -2.05. The van der Waals surface area contributed by atoms with Gasteiger partial charge in [0.15, 0.2) is 5.78 Å². The summed E-state index contributed by atoms with van der Waals surface area (Å²) in [6.07, 6.45) is 0. The van der Waals surface area contributed by atoms with Crippen molar-refractivity contribution in [1.29, 1.82) is 0 Å². The molecule has 4 nitrogen and oxygen atoms in total. The molecule has 0 bridgehead atoms. The van der Waals surface area contributed by atoms with Crippen LogP contribution < -0.4 is 0 Å². The maximum atomic E-state index is 12.4. The standard InChI is InChI=1S/C19H16BrN3O/c1-13-18(17(24)11-20)23-16-10-6-5-9-15(16)22(19(23)21-13)12-14-7-3-2-4-8-14/h2-10H,11-12H2,1H3. The zero-order valence-electron chi connectivity index (χ0n) is 13.2. The molecular weight excluding hydrogens is 366 g/mol. The first-order valence-corrected chi connectivity index (χ1v) is 8.92. The number of carbonyl (C=O) groups is 1. The van der Waals surface area contributed by atoms with Gasteiger partial charge in [-0.25, -0.2) is 4.98 Å². The van der Waals surface area contributed by atoms with Crippen molar-refractivity contribution >= 4 is 38.5 Å². The van der Waals surface area contributed by atoms with Gasteiger partial charge in [-0.2, -0.15) is 0 Å². The van der Waals surface area contributed by atoms with Crippen molar-refractivity contribution in [3.8, 4) is 0 Å². The average Bonchev–Trinajstić information content (AvgIpc) is 3.10. The molecule has 0 N–H and O–H groups in total. The van der Waals surface area contributed by atoms with Crippen LogP contribution in [0.5, 0.6) is 0 Å². The fraction of sp³-hybridized carbons (Fsp3) is 0.158. The smallest absolute Gasteiger partial charge is 0.216 e. The second-order valence-electron chi connectivity index (χ2n) is 5.80. The third-order valence-corrected chi connectivity index (χ3v) is 4.77. The summed E-state index contributed by atoms with van der Waals surface area (Å²) in [4.78, 5) is 17.1. The zero-order valence-corrected chi connectivity index (χ0v) is 14.8. The Hall–Kier alpha value is -2.40. The summed E-state index contributed by atoms with van der Waals surface area (Å²) >= 11 is 3.28. The van der Waals surface area contributed by atoms with E-state index in [1.807, 2.05) is 47.7 Å². The Labute approximate surface area is 147 Å². The van der Waals surface area contributed by atoms with E-state index in [2.05, 4.69) is 38.7 Å². The van der Waals surface area contributed by atoms with Gasteiger partial charge in [0.2, 0.25) is 5.78 Å². The zero-order chi connectivity index (χ0) is 16.7. The Morgan fingerprint density at radius 1 is 1.04 bits per heavy atom. The Morgan fingerprint density at radius 3 is 2.42 bits per heavy atom. The Balaban J connectivity index is 2.03. The highest BCUT2D eigenvalue weighted by molar-refractivity contribution is 9.09. The molecule has 2 aromatic carbocycles. The lowest BCUT2D eigenvalue weighted by atomic mass is 10.2. The van der Waals surface area contributed by atoms with Gasteiger partial charge in [-0.05, 0) is 24.6 Å². The Bertz CT molecular complexity index is 1050. The SMILES string of the molecule is Cc1nc2n(Cc3ccccc3)c3ccccc3n2c1C(=O)CBr. The van der Waals surface area contributed by atoms with Gasteiger partial charge in [0.25, 0.3) is 0 Å². The van der Waals surface area contributed by atoms with Gasteiger partial charge in [-0.3, -0.25) is 9.20 Å². The van der Waals surface area contributed by atoms with Crippen LogP contribution in [-0.4, -0.2) is 25.1 Å².